The Morgan fingerprint density at radius 3 is 2.64 bits per heavy atom. The predicted octanol–water partition coefficient (Wildman–Crippen LogP) is -0.675. The molecule has 0 aliphatic carbocycles. The summed E-state index contributed by atoms with van der Waals surface area (Å²) in [5.41, 5.74) is 0. The van der Waals surface area contributed by atoms with E-state index in [-0.39, 0.29) is 6.04 Å². The minimum atomic E-state index is -2.75. The molecule has 0 saturated carbocycles. The second-order valence-corrected chi connectivity index (χ2v) is 6.71. The summed E-state index contributed by atoms with van der Waals surface area (Å²) in [5, 5.41) is 3.24. The van der Waals surface area contributed by atoms with E-state index >= 15 is 0 Å². The van der Waals surface area contributed by atoms with Crippen LogP contribution in [-0.2, 0) is 9.84 Å². The van der Waals surface area contributed by atoms with Gasteiger partial charge in [0.25, 0.3) is 0 Å². The molecule has 4 nitrogen and oxygen atoms in total. The Labute approximate surface area is 85.6 Å². The minimum absolute atomic E-state index is 0.203. The summed E-state index contributed by atoms with van der Waals surface area (Å²) in [6.07, 6.45) is 0. The van der Waals surface area contributed by atoms with Crippen LogP contribution in [0.4, 0.5) is 0 Å². The van der Waals surface area contributed by atoms with Crippen molar-refractivity contribution in [2.45, 2.75) is 13.0 Å². The molecule has 0 aromatic carbocycles. The molecule has 0 aromatic rings. The molecule has 14 heavy (non-hydrogen) atoms. The van der Waals surface area contributed by atoms with Crippen LogP contribution in [0.2, 0.25) is 0 Å². The van der Waals surface area contributed by atoms with Gasteiger partial charge in [-0.15, -0.1) is 0 Å². The van der Waals surface area contributed by atoms with Crippen molar-refractivity contribution in [3.8, 4) is 0 Å². The molecule has 82 valence electrons. The summed E-state index contributed by atoms with van der Waals surface area (Å²) < 4.78 is 22.7. The van der Waals surface area contributed by atoms with Crippen molar-refractivity contribution in [1.82, 2.24) is 10.2 Å². The molecule has 2 rings (SSSR count). The monoisotopic (exact) mass is 218 g/mol. The Morgan fingerprint density at radius 1 is 1.43 bits per heavy atom. The molecular formula is C9H18N2O2S. The lowest BCUT2D eigenvalue weighted by Crippen LogP contribution is -2.54. The van der Waals surface area contributed by atoms with Crippen LogP contribution in [-0.4, -0.2) is 57.0 Å². The van der Waals surface area contributed by atoms with Gasteiger partial charge < -0.3 is 5.32 Å². The van der Waals surface area contributed by atoms with Crippen molar-refractivity contribution in [3.63, 3.8) is 0 Å². The van der Waals surface area contributed by atoms with E-state index in [1.165, 1.54) is 0 Å². The van der Waals surface area contributed by atoms with Gasteiger partial charge in [-0.1, -0.05) is 0 Å². The highest BCUT2D eigenvalue weighted by molar-refractivity contribution is 7.91. The summed E-state index contributed by atoms with van der Waals surface area (Å²) in [6, 6.07) is 0.203. The van der Waals surface area contributed by atoms with Gasteiger partial charge in [0.2, 0.25) is 0 Å². The van der Waals surface area contributed by atoms with E-state index in [4.69, 9.17) is 0 Å². The summed E-state index contributed by atoms with van der Waals surface area (Å²) >= 11 is 0. The van der Waals surface area contributed by atoms with Crippen LogP contribution < -0.4 is 5.32 Å². The number of hydrogen-bond donors (Lipinski definition) is 1. The lowest BCUT2D eigenvalue weighted by molar-refractivity contribution is 0.163. The van der Waals surface area contributed by atoms with Gasteiger partial charge >= 0.3 is 0 Å². The maximum absolute atomic E-state index is 11.3. The highest BCUT2D eigenvalue weighted by atomic mass is 32.2. The quantitative estimate of drug-likeness (QED) is 0.667. The van der Waals surface area contributed by atoms with Gasteiger partial charge in [-0.25, -0.2) is 8.42 Å². The molecule has 5 heteroatoms. The van der Waals surface area contributed by atoms with E-state index < -0.39 is 9.84 Å². The Kier molecular flexibility index (Phi) is 2.81. The molecule has 1 unspecified atom stereocenters. The molecule has 0 aromatic heterocycles. The van der Waals surface area contributed by atoms with Crippen LogP contribution in [0.5, 0.6) is 0 Å². The third-order valence-electron chi connectivity index (χ3n) is 3.17. The zero-order valence-corrected chi connectivity index (χ0v) is 9.39. The van der Waals surface area contributed by atoms with Crippen molar-refractivity contribution in [3.05, 3.63) is 0 Å². The Morgan fingerprint density at radius 2 is 2.14 bits per heavy atom. The fourth-order valence-electron chi connectivity index (χ4n) is 2.11. The molecule has 2 aliphatic rings. The maximum Gasteiger partial charge on any atom is 0.153 e. The van der Waals surface area contributed by atoms with E-state index in [1.807, 2.05) is 6.92 Å². The highest BCUT2D eigenvalue weighted by Crippen LogP contribution is 2.15. The summed E-state index contributed by atoms with van der Waals surface area (Å²) in [4.78, 5) is 2.31. The van der Waals surface area contributed by atoms with Gasteiger partial charge in [-0.05, 0) is 12.8 Å². The molecule has 0 bridgehead atoms. The fraction of sp³-hybridized carbons (Fsp3) is 1.00. The third-order valence-corrected chi connectivity index (χ3v) is 4.96. The molecule has 2 aliphatic heterocycles. The first kappa shape index (κ1) is 10.4. The number of nitrogens with one attached hydrogen (secondary N) is 1. The van der Waals surface area contributed by atoms with Crippen molar-refractivity contribution >= 4 is 9.84 Å². The average Bonchev–Trinajstić information content (AvgIpc) is 1.98. The van der Waals surface area contributed by atoms with Crippen LogP contribution in [0.15, 0.2) is 0 Å². The second kappa shape index (κ2) is 3.79. The van der Waals surface area contributed by atoms with Crippen molar-refractivity contribution in [2.24, 2.45) is 5.92 Å². The fourth-order valence-corrected chi connectivity index (χ4v) is 3.74. The molecular weight excluding hydrogens is 200 g/mol. The second-order valence-electron chi connectivity index (χ2n) is 4.48. The standard InChI is InChI=1S/C9H18N2O2S/c1-8-7-14(12,13)3-2-11(8)6-9-4-10-5-9/h8-10H,2-7H2,1H3. The minimum Gasteiger partial charge on any atom is -0.316 e. The molecule has 2 saturated heterocycles. The van der Waals surface area contributed by atoms with Gasteiger partial charge in [0.05, 0.1) is 11.5 Å². The Balaban J connectivity index is 1.88. The number of rotatable bonds is 2. The molecule has 2 heterocycles. The Bertz CT molecular complexity index is 298. The van der Waals surface area contributed by atoms with Crippen LogP contribution in [0.25, 0.3) is 0 Å². The highest BCUT2D eigenvalue weighted by Gasteiger charge is 2.30. The first-order valence-corrected chi connectivity index (χ1v) is 7.04. The molecule has 0 amide bonds. The normalized spacial score (nSPS) is 33.9. The van der Waals surface area contributed by atoms with E-state index in [2.05, 4.69) is 10.2 Å². The van der Waals surface area contributed by atoms with Crippen molar-refractivity contribution < 1.29 is 8.42 Å². The van der Waals surface area contributed by atoms with Crippen molar-refractivity contribution in [2.75, 3.05) is 37.7 Å². The van der Waals surface area contributed by atoms with Crippen LogP contribution in [0.3, 0.4) is 0 Å². The van der Waals surface area contributed by atoms with Gasteiger partial charge in [0, 0.05) is 32.2 Å². The SMILES string of the molecule is CC1CS(=O)(=O)CCN1CC1CNC1. The first-order valence-electron chi connectivity index (χ1n) is 5.22. The molecule has 0 spiro atoms. The van der Waals surface area contributed by atoms with Crippen LogP contribution >= 0.6 is 0 Å². The molecule has 1 N–H and O–H groups in total. The van der Waals surface area contributed by atoms with E-state index in [9.17, 15) is 8.42 Å². The predicted molar refractivity (Wildman–Crippen MR) is 56.0 cm³/mol. The van der Waals surface area contributed by atoms with Gasteiger partial charge in [-0.3, -0.25) is 4.90 Å². The molecule has 1 atom stereocenters. The molecule has 0 radical (unpaired) electrons. The summed E-state index contributed by atoms with van der Waals surface area (Å²) in [6.45, 7) is 5.98. The van der Waals surface area contributed by atoms with Crippen LogP contribution in [0.1, 0.15) is 6.92 Å². The zero-order valence-electron chi connectivity index (χ0n) is 8.57. The van der Waals surface area contributed by atoms with Crippen LogP contribution in [0, 0.1) is 5.92 Å². The number of hydrogen-bond acceptors (Lipinski definition) is 4. The first-order chi connectivity index (χ1) is 6.57. The van der Waals surface area contributed by atoms with Crippen molar-refractivity contribution in [1.29, 1.82) is 0 Å². The van der Waals surface area contributed by atoms with E-state index in [0.29, 0.717) is 11.5 Å². The van der Waals surface area contributed by atoms with Gasteiger partial charge in [0.15, 0.2) is 9.84 Å². The van der Waals surface area contributed by atoms with E-state index in [1.54, 1.807) is 0 Å². The third kappa shape index (κ3) is 2.27. The largest absolute Gasteiger partial charge is 0.316 e. The molecule has 2 fully saturated rings. The summed E-state index contributed by atoms with van der Waals surface area (Å²) in [7, 11) is -2.75. The van der Waals surface area contributed by atoms with Gasteiger partial charge in [0.1, 0.15) is 0 Å². The lowest BCUT2D eigenvalue weighted by Gasteiger charge is -2.38. The zero-order chi connectivity index (χ0) is 10.2. The number of nitrogens with zero attached hydrogens (tertiary/aromatic N) is 1. The van der Waals surface area contributed by atoms with E-state index in [0.717, 1.165) is 32.1 Å². The Hall–Kier alpha value is -0.130. The maximum atomic E-state index is 11.3. The summed E-state index contributed by atoms with van der Waals surface area (Å²) in [5.74, 6) is 1.42. The average molecular weight is 218 g/mol. The lowest BCUT2D eigenvalue weighted by atomic mass is 10.0. The smallest absolute Gasteiger partial charge is 0.153 e. The van der Waals surface area contributed by atoms with Gasteiger partial charge in [-0.2, -0.15) is 0 Å². The topological polar surface area (TPSA) is 49.4 Å². The number of sulfone groups is 1.